The van der Waals surface area contributed by atoms with Gasteiger partial charge in [-0.1, -0.05) is 0 Å². The predicted octanol–water partition coefficient (Wildman–Crippen LogP) is 2.24. The van der Waals surface area contributed by atoms with Crippen LogP contribution in [-0.2, 0) is 9.59 Å². The maximum atomic E-state index is 12.8. The van der Waals surface area contributed by atoms with Crippen LogP contribution in [0.4, 0.5) is 15.8 Å². The number of anilines is 2. The predicted molar refractivity (Wildman–Crippen MR) is 105 cm³/mol. The van der Waals surface area contributed by atoms with Gasteiger partial charge in [-0.15, -0.1) is 11.8 Å². The summed E-state index contributed by atoms with van der Waals surface area (Å²) in [5.74, 6) is -0.0606. The van der Waals surface area contributed by atoms with E-state index >= 15 is 0 Å². The molecule has 1 aromatic carbocycles. The fourth-order valence-electron chi connectivity index (χ4n) is 2.82. The maximum absolute atomic E-state index is 12.8. The van der Waals surface area contributed by atoms with Gasteiger partial charge in [-0.3, -0.25) is 14.6 Å². The van der Waals surface area contributed by atoms with E-state index in [1.165, 1.54) is 36.0 Å². The fourth-order valence-corrected chi connectivity index (χ4v) is 3.54. The van der Waals surface area contributed by atoms with Crippen LogP contribution in [0.5, 0.6) is 0 Å². The van der Waals surface area contributed by atoms with E-state index in [0.29, 0.717) is 18.8 Å². The van der Waals surface area contributed by atoms with Crippen molar-refractivity contribution in [3.05, 3.63) is 54.6 Å². The van der Waals surface area contributed by atoms with Crippen molar-refractivity contribution in [3.63, 3.8) is 0 Å². The Morgan fingerprint density at radius 2 is 1.67 bits per heavy atom. The first-order valence-corrected chi connectivity index (χ1v) is 9.83. The summed E-state index contributed by atoms with van der Waals surface area (Å²) in [6, 6.07) is 9.52. The minimum atomic E-state index is -0.350. The monoisotopic (exact) mass is 388 g/mol. The highest BCUT2D eigenvalue weighted by Gasteiger charge is 2.21. The van der Waals surface area contributed by atoms with Crippen molar-refractivity contribution in [1.29, 1.82) is 0 Å². The quantitative estimate of drug-likeness (QED) is 0.822. The van der Waals surface area contributed by atoms with Crippen molar-refractivity contribution < 1.29 is 14.0 Å². The molecule has 1 aromatic heterocycles. The number of aromatic nitrogens is 1. The van der Waals surface area contributed by atoms with Gasteiger partial charge in [0.25, 0.3) is 0 Å². The zero-order valence-corrected chi connectivity index (χ0v) is 15.6. The van der Waals surface area contributed by atoms with Crippen LogP contribution in [0.3, 0.4) is 0 Å². The molecule has 0 atom stereocenters. The van der Waals surface area contributed by atoms with Gasteiger partial charge in [0.15, 0.2) is 0 Å². The third kappa shape index (κ3) is 5.68. The second-order valence-corrected chi connectivity index (χ2v) is 7.11. The minimum absolute atomic E-state index is 0.0453. The minimum Gasteiger partial charge on any atom is -0.368 e. The molecule has 6 nitrogen and oxygen atoms in total. The highest BCUT2D eigenvalue weighted by Crippen LogP contribution is 2.15. The number of amides is 2. The van der Waals surface area contributed by atoms with Crippen LogP contribution in [-0.4, -0.2) is 59.4 Å². The van der Waals surface area contributed by atoms with E-state index in [1.807, 2.05) is 17.0 Å². The molecule has 1 fully saturated rings. The summed E-state index contributed by atoms with van der Waals surface area (Å²) in [5.41, 5.74) is 1.66. The van der Waals surface area contributed by atoms with E-state index in [4.69, 9.17) is 0 Å². The van der Waals surface area contributed by atoms with Gasteiger partial charge in [0.05, 0.1) is 11.5 Å². The molecule has 0 saturated carbocycles. The van der Waals surface area contributed by atoms with Crippen molar-refractivity contribution in [2.45, 2.75) is 0 Å². The van der Waals surface area contributed by atoms with Crippen LogP contribution in [0.1, 0.15) is 0 Å². The van der Waals surface area contributed by atoms with Gasteiger partial charge in [0.2, 0.25) is 11.8 Å². The zero-order chi connectivity index (χ0) is 19.1. The first-order valence-electron chi connectivity index (χ1n) is 8.68. The number of carbonyl (C=O) groups is 2. The molecular formula is C19H21FN4O2S. The highest BCUT2D eigenvalue weighted by molar-refractivity contribution is 8.00. The Bertz CT molecular complexity index is 765. The zero-order valence-electron chi connectivity index (χ0n) is 14.8. The van der Waals surface area contributed by atoms with Gasteiger partial charge >= 0.3 is 0 Å². The van der Waals surface area contributed by atoms with Crippen molar-refractivity contribution in [3.8, 4) is 0 Å². The first-order chi connectivity index (χ1) is 13.1. The number of benzene rings is 1. The van der Waals surface area contributed by atoms with E-state index in [2.05, 4.69) is 15.2 Å². The number of carbonyl (C=O) groups excluding carboxylic acids is 2. The lowest BCUT2D eigenvalue weighted by atomic mass is 10.2. The lowest BCUT2D eigenvalue weighted by Gasteiger charge is -2.36. The Balaban J connectivity index is 1.36. The van der Waals surface area contributed by atoms with E-state index in [1.54, 1.807) is 12.4 Å². The molecular weight excluding hydrogens is 367 g/mol. The molecule has 2 heterocycles. The maximum Gasteiger partial charge on any atom is 0.234 e. The molecule has 8 heteroatoms. The van der Waals surface area contributed by atoms with Gasteiger partial charge in [-0.2, -0.15) is 0 Å². The van der Waals surface area contributed by atoms with E-state index in [-0.39, 0.29) is 29.1 Å². The normalized spacial score (nSPS) is 14.1. The summed E-state index contributed by atoms with van der Waals surface area (Å²) in [6.07, 6.45) is 3.53. The Kier molecular flexibility index (Phi) is 6.64. The van der Waals surface area contributed by atoms with Crippen LogP contribution >= 0.6 is 11.8 Å². The molecule has 0 radical (unpaired) electrons. The highest BCUT2D eigenvalue weighted by atomic mass is 32.2. The number of rotatable bonds is 6. The molecule has 142 valence electrons. The number of nitrogens with one attached hydrogen (secondary N) is 1. The van der Waals surface area contributed by atoms with Gasteiger partial charge in [0.1, 0.15) is 5.82 Å². The molecule has 27 heavy (non-hydrogen) atoms. The fraction of sp³-hybridized carbons (Fsp3) is 0.316. The van der Waals surface area contributed by atoms with E-state index in [0.717, 1.165) is 18.8 Å². The summed E-state index contributed by atoms with van der Waals surface area (Å²) in [6.45, 7) is 2.91. The molecule has 3 rings (SSSR count). The van der Waals surface area contributed by atoms with Crippen molar-refractivity contribution in [2.75, 3.05) is 47.9 Å². The summed E-state index contributed by atoms with van der Waals surface area (Å²) < 4.78 is 12.8. The van der Waals surface area contributed by atoms with Crippen molar-refractivity contribution >= 4 is 35.0 Å². The number of hydrogen-bond donors (Lipinski definition) is 1. The van der Waals surface area contributed by atoms with Gasteiger partial charge in [0, 0.05) is 49.9 Å². The second kappa shape index (κ2) is 9.36. The second-order valence-electron chi connectivity index (χ2n) is 6.12. The van der Waals surface area contributed by atoms with Crippen LogP contribution in [0.2, 0.25) is 0 Å². The number of nitrogens with zero attached hydrogens (tertiary/aromatic N) is 3. The lowest BCUT2D eigenvalue weighted by molar-refractivity contribution is -0.128. The first kappa shape index (κ1) is 19.2. The van der Waals surface area contributed by atoms with Crippen LogP contribution < -0.4 is 10.2 Å². The van der Waals surface area contributed by atoms with Gasteiger partial charge < -0.3 is 15.1 Å². The summed E-state index contributed by atoms with van der Waals surface area (Å²) in [4.78, 5) is 32.3. The largest absolute Gasteiger partial charge is 0.368 e. The summed E-state index contributed by atoms with van der Waals surface area (Å²) in [5, 5.41) is 2.68. The Morgan fingerprint density at radius 1 is 1.00 bits per heavy atom. The summed E-state index contributed by atoms with van der Waals surface area (Å²) >= 11 is 1.28. The SMILES string of the molecule is O=C(CSCC(=O)N1CCN(c2ccncc2)CC1)Nc1ccc(F)cc1. The number of halogens is 1. The number of hydrogen-bond acceptors (Lipinski definition) is 5. The number of pyridine rings is 1. The molecule has 1 aliphatic heterocycles. The van der Waals surface area contributed by atoms with Crippen LogP contribution in [0, 0.1) is 5.82 Å². The Morgan fingerprint density at radius 3 is 2.33 bits per heavy atom. The number of thioether (sulfide) groups is 1. The van der Waals surface area contributed by atoms with E-state index < -0.39 is 0 Å². The summed E-state index contributed by atoms with van der Waals surface area (Å²) in [7, 11) is 0. The third-order valence-corrected chi connectivity index (χ3v) is 5.16. The van der Waals surface area contributed by atoms with Crippen LogP contribution in [0.25, 0.3) is 0 Å². The average Bonchev–Trinajstić information content (AvgIpc) is 2.70. The molecule has 0 bridgehead atoms. The molecule has 0 aliphatic carbocycles. The standard InChI is InChI=1S/C19H21FN4O2S/c20-15-1-3-16(4-2-15)22-18(25)13-27-14-19(26)24-11-9-23(10-12-24)17-5-7-21-8-6-17/h1-8H,9-14H2,(H,22,25). The molecule has 2 aromatic rings. The van der Waals surface area contributed by atoms with Crippen molar-refractivity contribution in [2.24, 2.45) is 0 Å². The topological polar surface area (TPSA) is 65.5 Å². The number of piperazine rings is 1. The Hall–Kier alpha value is -2.61. The van der Waals surface area contributed by atoms with E-state index in [9.17, 15) is 14.0 Å². The third-order valence-electron chi connectivity index (χ3n) is 4.25. The van der Waals surface area contributed by atoms with Gasteiger partial charge in [-0.25, -0.2) is 4.39 Å². The Labute approximate surface area is 161 Å². The molecule has 2 amide bonds. The molecule has 0 spiro atoms. The van der Waals surface area contributed by atoms with Gasteiger partial charge in [-0.05, 0) is 36.4 Å². The van der Waals surface area contributed by atoms with Crippen molar-refractivity contribution in [1.82, 2.24) is 9.88 Å². The molecule has 1 saturated heterocycles. The van der Waals surface area contributed by atoms with Crippen LogP contribution in [0.15, 0.2) is 48.8 Å². The lowest BCUT2D eigenvalue weighted by Crippen LogP contribution is -2.49. The molecule has 1 aliphatic rings. The smallest absolute Gasteiger partial charge is 0.234 e. The molecule has 1 N–H and O–H groups in total. The molecule has 0 unspecified atom stereocenters. The average molecular weight is 388 g/mol.